The van der Waals surface area contributed by atoms with Crippen LogP contribution in [0.3, 0.4) is 0 Å². The molecule has 1 unspecified atom stereocenters. The van der Waals surface area contributed by atoms with Gasteiger partial charge in [0, 0.05) is 0 Å². The highest BCUT2D eigenvalue weighted by atomic mass is 16.4. The van der Waals surface area contributed by atoms with Crippen LogP contribution in [0.15, 0.2) is 30.3 Å². The lowest BCUT2D eigenvalue weighted by Crippen LogP contribution is -2.40. The molecule has 0 radical (unpaired) electrons. The molecule has 1 aromatic carbocycles. The van der Waals surface area contributed by atoms with Crippen LogP contribution in [0.2, 0.25) is 0 Å². The van der Waals surface area contributed by atoms with Crippen molar-refractivity contribution >= 4 is 5.97 Å². The van der Waals surface area contributed by atoms with Gasteiger partial charge in [0.05, 0.1) is 0 Å². The van der Waals surface area contributed by atoms with Gasteiger partial charge < -0.3 is 10.4 Å². The first-order chi connectivity index (χ1) is 10.6. The first-order valence-electron chi connectivity index (χ1n) is 8.57. The summed E-state index contributed by atoms with van der Waals surface area (Å²) in [6.07, 6.45) is 5.53. The van der Waals surface area contributed by atoms with Gasteiger partial charge in [0.2, 0.25) is 0 Å². The van der Waals surface area contributed by atoms with Gasteiger partial charge in [-0.1, -0.05) is 44.2 Å². The Balaban J connectivity index is 1.76. The van der Waals surface area contributed by atoms with Gasteiger partial charge in [0.15, 0.2) is 0 Å². The van der Waals surface area contributed by atoms with Crippen molar-refractivity contribution in [3.05, 3.63) is 35.9 Å². The van der Waals surface area contributed by atoms with Crippen molar-refractivity contribution in [2.24, 2.45) is 11.8 Å². The minimum absolute atomic E-state index is 0.396. The molecule has 3 nitrogen and oxygen atoms in total. The molecule has 1 aliphatic carbocycles. The highest BCUT2D eigenvalue weighted by molar-refractivity contribution is 5.73. The van der Waals surface area contributed by atoms with E-state index in [1.165, 1.54) is 31.2 Å². The summed E-state index contributed by atoms with van der Waals surface area (Å²) in [7, 11) is 0. The quantitative estimate of drug-likeness (QED) is 0.799. The van der Waals surface area contributed by atoms with Gasteiger partial charge in [-0.15, -0.1) is 0 Å². The molecular weight excluding hydrogens is 274 g/mol. The van der Waals surface area contributed by atoms with E-state index in [4.69, 9.17) is 0 Å². The van der Waals surface area contributed by atoms with Crippen LogP contribution in [0.25, 0.3) is 0 Å². The molecule has 1 aromatic rings. The van der Waals surface area contributed by atoms with Gasteiger partial charge in [0.1, 0.15) is 6.04 Å². The SMILES string of the molecule is CC(C)CC(NCC1CCC(c2ccccc2)CC1)C(=O)O. The van der Waals surface area contributed by atoms with E-state index in [0.717, 1.165) is 6.54 Å². The van der Waals surface area contributed by atoms with Gasteiger partial charge in [0.25, 0.3) is 0 Å². The van der Waals surface area contributed by atoms with E-state index in [1.54, 1.807) is 0 Å². The number of rotatable bonds is 7. The summed E-state index contributed by atoms with van der Waals surface area (Å²) in [5.41, 5.74) is 1.46. The van der Waals surface area contributed by atoms with E-state index in [1.807, 2.05) is 0 Å². The second-order valence-corrected chi connectivity index (χ2v) is 7.06. The number of nitrogens with one attached hydrogen (secondary N) is 1. The maximum Gasteiger partial charge on any atom is 0.320 e. The predicted octanol–water partition coefficient (Wildman–Crippen LogP) is 4.05. The van der Waals surface area contributed by atoms with Gasteiger partial charge in [-0.2, -0.15) is 0 Å². The molecule has 1 saturated carbocycles. The fourth-order valence-corrected chi connectivity index (χ4v) is 3.48. The van der Waals surface area contributed by atoms with Crippen LogP contribution in [0, 0.1) is 11.8 Å². The summed E-state index contributed by atoms with van der Waals surface area (Å²) >= 11 is 0. The molecule has 2 N–H and O–H groups in total. The van der Waals surface area contributed by atoms with Crippen LogP contribution < -0.4 is 5.32 Å². The van der Waals surface area contributed by atoms with E-state index in [2.05, 4.69) is 49.5 Å². The van der Waals surface area contributed by atoms with Gasteiger partial charge in [-0.05, 0) is 62.0 Å². The van der Waals surface area contributed by atoms with E-state index in [-0.39, 0.29) is 0 Å². The molecule has 3 heteroatoms. The van der Waals surface area contributed by atoms with Gasteiger partial charge in [-0.25, -0.2) is 0 Å². The lowest BCUT2D eigenvalue weighted by atomic mass is 9.78. The van der Waals surface area contributed by atoms with E-state index >= 15 is 0 Å². The highest BCUT2D eigenvalue weighted by Crippen LogP contribution is 2.35. The zero-order chi connectivity index (χ0) is 15.9. The lowest BCUT2D eigenvalue weighted by Gasteiger charge is -2.30. The van der Waals surface area contributed by atoms with E-state index in [0.29, 0.717) is 24.2 Å². The number of hydrogen-bond acceptors (Lipinski definition) is 2. The highest BCUT2D eigenvalue weighted by Gasteiger charge is 2.24. The third-order valence-electron chi connectivity index (χ3n) is 4.78. The summed E-state index contributed by atoms with van der Waals surface area (Å²) < 4.78 is 0. The van der Waals surface area contributed by atoms with Crippen LogP contribution in [-0.2, 0) is 4.79 Å². The second kappa shape index (κ2) is 8.33. The molecule has 1 atom stereocenters. The molecule has 0 bridgehead atoms. The van der Waals surface area contributed by atoms with Crippen molar-refractivity contribution in [1.82, 2.24) is 5.32 Å². The van der Waals surface area contributed by atoms with Gasteiger partial charge >= 0.3 is 5.97 Å². The van der Waals surface area contributed by atoms with Gasteiger partial charge in [-0.3, -0.25) is 4.79 Å². The standard InChI is InChI=1S/C19H29NO2/c1-14(2)12-18(19(21)22)20-13-15-8-10-17(11-9-15)16-6-4-3-5-7-16/h3-7,14-15,17-18,20H,8-13H2,1-2H3,(H,21,22). The molecular formula is C19H29NO2. The van der Waals surface area contributed by atoms with E-state index < -0.39 is 12.0 Å². The first kappa shape index (κ1) is 17.0. The van der Waals surface area contributed by atoms with Crippen molar-refractivity contribution in [1.29, 1.82) is 0 Å². The Hall–Kier alpha value is -1.35. The number of aliphatic carboxylic acids is 1. The largest absolute Gasteiger partial charge is 0.480 e. The summed E-state index contributed by atoms with van der Waals surface area (Å²) in [5, 5.41) is 12.6. The summed E-state index contributed by atoms with van der Waals surface area (Å²) in [6.45, 7) is 4.98. The number of carboxylic acids is 1. The summed E-state index contributed by atoms with van der Waals surface area (Å²) in [5.74, 6) is 0.992. The molecule has 0 saturated heterocycles. The average Bonchev–Trinajstić information content (AvgIpc) is 2.52. The average molecular weight is 303 g/mol. The Morgan fingerprint density at radius 3 is 2.36 bits per heavy atom. The summed E-state index contributed by atoms with van der Waals surface area (Å²) in [4.78, 5) is 11.3. The number of carbonyl (C=O) groups is 1. The normalized spacial score (nSPS) is 23.4. The third kappa shape index (κ3) is 5.13. The Morgan fingerprint density at radius 2 is 1.82 bits per heavy atom. The number of hydrogen-bond donors (Lipinski definition) is 2. The zero-order valence-corrected chi connectivity index (χ0v) is 13.8. The molecule has 2 rings (SSSR count). The smallest absolute Gasteiger partial charge is 0.320 e. The molecule has 0 spiro atoms. The topological polar surface area (TPSA) is 49.3 Å². The van der Waals surface area contributed by atoms with Crippen molar-refractivity contribution in [2.75, 3.05) is 6.54 Å². The molecule has 122 valence electrons. The molecule has 1 fully saturated rings. The van der Waals surface area contributed by atoms with Crippen molar-refractivity contribution < 1.29 is 9.90 Å². The van der Waals surface area contributed by atoms with Crippen molar-refractivity contribution in [3.8, 4) is 0 Å². The minimum atomic E-state index is -0.716. The number of benzene rings is 1. The van der Waals surface area contributed by atoms with Crippen LogP contribution in [0.1, 0.15) is 57.4 Å². The predicted molar refractivity (Wildman–Crippen MR) is 90.0 cm³/mol. The second-order valence-electron chi connectivity index (χ2n) is 7.06. The minimum Gasteiger partial charge on any atom is -0.480 e. The third-order valence-corrected chi connectivity index (χ3v) is 4.78. The maximum absolute atomic E-state index is 11.3. The maximum atomic E-state index is 11.3. The Kier molecular flexibility index (Phi) is 6.44. The molecule has 1 aliphatic rings. The van der Waals surface area contributed by atoms with Crippen LogP contribution in [-0.4, -0.2) is 23.7 Å². The first-order valence-corrected chi connectivity index (χ1v) is 8.57. The monoisotopic (exact) mass is 303 g/mol. The number of carboxylic acid groups (broad SMARTS) is 1. The van der Waals surface area contributed by atoms with Crippen LogP contribution in [0.5, 0.6) is 0 Å². The fourth-order valence-electron chi connectivity index (χ4n) is 3.48. The summed E-state index contributed by atoms with van der Waals surface area (Å²) in [6, 6.07) is 10.4. The molecule has 0 amide bonds. The van der Waals surface area contributed by atoms with Crippen molar-refractivity contribution in [2.45, 2.75) is 57.9 Å². The lowest BCUT2D eigenvalue weighted by molar-refractivity contribution is -0.140. The zero-order valence-electron chi connectivity index (χ0n) is 13.8. The fraction of sp³-hybridized carbons (Fsp3) is 0.632. The van der Waals surface area contributed by atoms with Crippen LogP contribution in [0.4, 0.5) is 0 Å². The Labute approximate surface area is 134 Å². The van der Waals surface area contributed by atoms with Crippen LogP contribution >= 0.6 is 0 Å². The van der Waals surface area contributed by atoms with E-state index in [9.17, 15) is 9.90 Å². The molecule has 0 aliphatic heterocycles. The molecule has 0 aromatic heterocycles. The molecule has 0 heterocycles. The Morgan fingerprint density at radius 1 is 1.18 bits per heavy atom. The Bertz CT molecular complexity index is 450. The molecule has 22 heavy (non-hydrogen) atoms. The van der Waals surface area contributed by atoms with Crippen molar-refractivity contribution in [3.63, 3.8) is 0 Å².